The zero-order chi connectivity index (χ0) is 27.7. The zero-order valence-electron chi connectivity index (χ0n) is 24.6. The van der Waals surface area contributed by atoms with Gasteiger partial charge in [0.05, 0.1) is 24.3 Å². The van der Waals surface area contributed by atoms with E-state index in [4.69, 9.17) is 9.47 Å². The first kappa shape index (κ1) is 33.8. The number of aromatic nitrogens is 1. The van der Waals surface area contributed by atoms with Crippen molar-refractivity contribution in [2.24, 2.45) is 0 Å². The molecule has 0 atom stereocenters. The van der Waals surface area contributed by atoms with Crippen LogP contribution in [-0.4, -0.2) is 19.6 Å². The molecule has 1 aromatic heterocycles. The quantitative estimate of drug-likeness (QED) is 0.136. The van der Waals surface area contributed by atoms with Crippen LogP contribution < -0.4 is 36.3 Å². The Kier molecular flexibility index (Phi) is 16.6. The number of amides is 1. The van der Waals surface area contributed by atoms with Crippen LogP contribution in [0.15, 0.2) is 54.2 Å². The summed E-state index contributed by atoms with van der Waals surface area (Å²) in [4.78, 5) is 14.4. The number of aryl methyl sites for hydroxylation is 1. The number of nitrogens with zero attached hydrogens (tertiary/aromatic N) is 1. The van der Waals surface area contributed by atoms with E-state index in [0.717, 1.165) is 24.1 Å². The maximum atomic E-state index is 13.2. The second-order valence-corrected chi connectivity index (χ2v) is 11.4. The Balaban J connectivity index is 0.00000560. The number of halogens is 1. The van der Waals surface area contributed by atoms with Crippen molar-refractivity contribution < 1.29 is 35.8 Å². The molecule has 220 valence electrons. The number of carbonyl (C=O) groups is 1. The van der Waals surface area contributed by atoms with Crippen molar-refractivity contribution in [3.05, 3.63) is 70.2 Å². The van der Waals surface area contributed by atoms with Gasteiger partial charge in [-0.15, -0.1) is 0 Å². The van der Waals surface area contributed by atoms with Gasteiger partial charge < -0.3 is 31.8 Å². The summed E-state index contributed by atoms with van der Waals surface area (Å²) >= 11 is 1.71. The highest BCUT2D eigenvalue weighted by Crippen LogP contribution is 2.29. The van der Waals surface area contributed by atoms with Gasteiger partial charge in [-0.1, -0.05) is 107 Å². The minimum atomic E-state index is -0.160. The molecule has 1 amide bonds. The molecule has 0 unspecified atom stereocenters. The predicted molar refractivity (Wildman–Crippen MR) is 162 cm³/mol. The lowest BCUT2D eigenvalue weighted by molar-refractivity contribution is -0.683. The Labute approximate surface area is 256 Å². The normalized spacial score (nSPS) is 10.7. The van der Waals surface area contributed by atoms with Gasteiger partial charge >= 0.3 is 0 Å². The van der Waals surface area contributed by atoms with E-state index in [1.807, 2.05) is 30.3 Å². The number of para-hydroxylation sites is 1. The summed E-state index contributed by atoms with van der Waals surface area (Å²) in [7, 11) is 1.63. The number of carbonyl (C=O) groups excluding carboxylic acids is 1. The van der Waals surface area contributed by atoms with Crippen LogP contribution in [0.5, 0.6) is 11.5 Å². The number of methoxy groups -OCH3 is 1. The first-order valence-electron chi connectivity index (χ1n) is 14.7. The monoisotopic (exact) mass is 630 g/mol. The van der Waals surface area contributed by atoms with Crippen LogP contribution in [0.3, 0.4) is 0 Å². The first-order valence-corrected chi connectivity index (χ1v) is 15.6. The minimum Gasteiger partial charge on any atom is -1.00 e. The average molecular weight is 632 g/mol. The summed E-state index contributed by atoms with van der Waals surface area (Å²) in [5.41, 5.74) is 4.52. The molecule has 0 bridgehead atoms. The van der Waals surface area contributed by atoms with Gasteiger partial charge in [-0.3, -0.25) is 4.79 Å². The van der Waals surface area contributed by atoms with Gasteiger partial charge in [0.2, 0.25) is 5.51 Å². The predicted octanol–water partition coefficient (Wildman–Crippen LogP) is 5.74. The summed E-state index contributed by atoms with van der Waals surface area (Å²) in [5.74, 6) is 1.10. The van der Waals surface area contributed by atoms with E-state index >= 15 is 0 Å². The number of hydrogen-bond donors (Lipinski definition) is 1. The number of anilines is 1. The maximum absolute atomic E-state index is 13.2. The molecule has 1 N–H and O–H groups in total. The fourth-order valence-corrected chi connectivity index (χ4v) is 5.39. The number of ether oxygens (including phenoxy) is 2. The SMILES string of the molecule is CCCCCCCCCCCCCCOc1cc(C(=O)Nc2ccccc2C[n+]2csc(C)c2)ccc1OC.[Br-]. The molecule has 0 aliphatic heterocycles. The van der Waals surface area contributed by atoms with Gasteiger partial charge in [0.1, 0.15) is 0 Å². The fourth-order valence-electron chi connectivity index (χ4n) is 4.76. The van der Waals surface area contributed by atoms with Crippen molar-refractivity contribution in [3.63, 3.8) is 0 Å². The van der Waals surface area contributed by atoms with E-state index in [9.17, 15) is 4.79 Å². The van der Waals surface area contributed by atoms with Gasteiger partial charge in [-0.2, -0.15) is 4.57 Å². The van der Waals surface area contributed by atoms with Crippen LogP contribution in [-0.2, 0) is 6.54 Å². The van der Waals surface area contributed by atoms with Gasteiger partial charge in [0.25, 0.3) is 5.91 Å². The molecule has 1 heterocycles. The van der Waals surface area contributed by atoms with Crippen molar-refractivity contribution in [3.8, 4) is 11.5 Å². The molecule has 0 aliphatic rings. The highest BCUT2D eigenvalue weighted by Gasteiger charge is 2.15. The van der Waals surface area contributed by atoms with Crippen molar-refractivity contribution in [1.82, 2.24) is 0 Å². The smallest absolute Gasteiger partial charge is 0.255 e. The molecule has 0 aliphatic carbocycles. The largest absolute Gasteiger partial charge is 1.00 e. The van der Waals surface area contributed by atoms with Crippen molar-refractivity contribution in [2.45, 2.75) is 97.4 Å². The minimum absolute atomic E-state index is 0. The summed E-state index contributed by atoms with van der Waals surface area (Å²) in [6.45, 7) is 5.69. The third-order valence-corrected chi connectivity index (χ3v) is 7.87. The molecular weight excluding hydrogens is 584 g/mol. The number of hydrogen-bond acceptors (Lipinski definition) is 4. The average Bonchev–Trinajstić information content (AvgIpc) is 3.36. The fraction of sp³-hybridized carbons (Fsp3) is 0.515. The van der Waals surface area contributed by atoms with Gasteiger partial charge in [-0.05, 0) is 37.6 Å². The number of rotatable bonds is 19. The van der Waals surface area contributed by atoms with Gasteiger partial charge in [0, 0.05) is 11.1 Å². The Hall–Kier alpha value is -2.38. The molecule has 0 radical (unpaired) electrons. The Morgan fingerprint density at radius 1 is 0.875 bits per heavy atom. The third-order valence-electron chi connectivity index (χ3n) is 7.02. The Morgan fingerprint density at radius 2 is 1.52 bits per heavy atom. The van der Waals surface area contributed by atoms with E-state index in [1.165, 1.54) is 69.1 Å². The van der Waals surface area contributed by atoms with Crippen LogP contribution in [0.2, 0.25) is 0 Å². The molecule has 40 heavy (non-hydrogen) atoms. The Morgan fingerprint density at radius 3 is 2.15 bits per heavy atom. The van der Waals surface area contributed by atoms with Crippen LogP contribution in [0.4, 0.5) is 5.69 Å². The molecule has 7 heteroatoms. The molecule has 5 nitrogen and oxygen atoms in total. The highest BCUT2D eigenvalue weighted by molar-refractivity contribution is 7.09. The second kappa shape index (κ2) is 19.7. The van der Waals surface area contributed by atoms with E-state index in [0.29, 0.717) is 30.2 Å². The number of unbranched alkanes of at least 4 members (excludes halogenated alkanes) is 11. The van der Waals surface area contributed by atoms with Crippen LogP contribution >= 0.6 is 11.3 Å². The first-order chi connectivity index (χ1) is 19.1. The third kappa shape index (κ3) is 12.0. The summed E-state index contributed by atoms with van der Waals surface area (Å²) < 4.78 is 13.7. The van der Waals surface area contributed by atoms with Crippen LogP contribution in [0.1, 0.15) is 105 Å². The lowest BCUT2D eigenvalue weighted by atomic mass is 10.1. The van der Waals surface area contributed by atoms with Gasteiger partial charge in [0.15, 0.2) is 24.2 Å². The van der Waals surface area contributed by atoms with Gasteiger partial charge in [-0.25, -0.2) is 0 Å². The standard InChI is InChI=1S/C33H46N2O3S.BrH/c1-4-5-6-7-8-9-10-11-12-13-14-17-22-38-32-23-28(20-21-31(32)37-3)33(36)34-30-19-16-15-18-29(30)25-35-24-27(2)39-26-35;/h15-16,18-21,23-24,26H,4-14,17,22,25H2,1-3H3;1H. The van der Waals surface area contributed by atoms with E-state index in [-0.39, 0.29) is 22.9 Å². The van der Waals surface area contributed by atoms with E-state index in [2.05, 4.69) is 35.4 Å². The van der Waals surface area contributed by atoms with Crippen molar-refractivity contribution in [1.29, 1.82) is 0 Å². The second-order valence-electron chi connectivity index (χ2n) is 10.3. The lowest BCUT2D eigenvalue weighted by Crippen LogP contribution is -3.00. The van der Waals surface area contributed by atoms with Crippen LogP contribution in [0.25, 0.3) is 0 Å². The maximum Gasteiger partial charge on any atom is 0.255 e. The van der Waals surface area contributed by atoms with Crippen molar-refractivity contribution in [2.75, 3.05) is 19.0 Å². The number of thiazole rings is 1. The molecule has 0 saturated heterocycles. The number of benzene rings is 2. The Bertz CT molecular complexity index is 1130. The van der Waals surface area contributed by atoms with E-state index in [1.54, 1.807) is 30.6 Å². The van der Waals surface area contributed by atoms with Crippen LogP contribution in [0, 0.1) is 6.92 Å². The summed E-state index contributed by atoms with van der Waals surface area (Å²) in [6, 6.07) is 13.3. The molecular formula is C33H47BrN2O3S. The molecule has 0 fully saturated rings. The van der Waals surface area contributed by atoms with E-state index < -0.39 is 0 Å². The molecule has 3 aromatic rings. The molecule has 0 saturated carbocycles. The summed E-state index contributed by atoms with van der Waals surface area (Å²) in [6.07, 6.45) is 17.8. The number of nitrogens with one attached hydrogen (secondary N) is 1. The zero-order valence-corrected chi connectivity index (χ0v) is 27.0. The topological polar surface area (TPSA) is 51.4 Å². The molecule has 2 aromatic carbocycles. The molecule has 0 spiro atoms. The van der Waals surface area contributed by atoms with Crippen molar-refractivity contribution >= 4 is 22.9 Å². The molecule has 3 rings (SSSR count). The summed E-state index contributed by atoms with van der Waals surface area (Å²) in [5, 5.41) is 3.09. The highest BCUT2D eigenvalue weighted by atomic mass is 79.9. The lowest BCUT2D eigenvalue weighted by Gasteiger charge is -2.13.